The van der Waals surface area contributed by atoms with Crippen LogP contribution in [0.3, 0.4) is 0 Å². The molecule has 0 aliphatic rings. The number of anilines is 1. The Labute approximate surface area is 153 Å². The van der Waals surface area contributed by atoms with Crippen molar-refractivity contribution in [2.45, 2.75) is 6.42 Å². The summed E-state index contributed by atoms with van der Waals surface area (Å²) in [6, 6.07) is 10.4. The van der Waals surface area contributed by atoms with Crippen LogP contribution in [0, 0.1) is 0 Å². The third-order valence-corrected chi connectivity index (χ3v) is 3.81. The van der Waals surface area contributed by atoms with Gasteiger partial charge in [0, 0.05) is 18.3 Å². The van der Waals surface area contributed by atoms with Crippen molar-refractivity contribution in [3.8, 4) is 23.0 Å². The minimum Gasteiger partial charge on any atom is -0.497 e. The van der Waals surface area contributed by atoms with Gasteiger partial charge in [0.05, 0.1) is 28.4 Å². The van der Waals surface area contributed by atoms with E-state index in [1.807, 2.05) is 6.07 Å². The molecule has 0 radical (unpaired) electrons. The molecule has 0 bridgehead atoms. The van der Waals surface area contributed by atoms with Crippen LogP contribution in [0.2, 0.25) is 0 Å². The lowest BCUT2D eigenvalue weighted by Gasteiger charge is -2.14. The second kappa shape index (κ2) is 9.41. The highest BCUT2D eigenvalue weighted by molar-refractivity contribution is 5.89. The van der Waals surface area contributed by atoms with Gasteiger partial charge in [-0.3, -0.25) is 0 Å². The van der Waals surface area contributed by atoms with Crippen molar-refractivity contribution >= 4 is 11.7 Å². The summed E-state index contributed by atoms with van der Waals surface area (Å²) in [7, 11) is 6.34. The molecule has 2 N–H and O–H groups in total. The molecule has 140 valence electrons. The Morgan fingerprint density at radius 3 is 2.04 bits per heavy atom. The standard InChI is InChI=1S/C19H24N2O5/c1-23-15-7-5-14(6-8-15)21-19(22)20-10-9-13-11-17(25-3)18(26-4)12-16(13)24-2/h5-8,11-12H,9-10H2,1-4H3,(H2,20,21,22). The molecule has 2 rings (SSSR count). The number of nitrogens with one attached hydrogen (secondary N) is 2. The van der Waals surface area contributed by atoms with Gasteiger partial charge in [-0.15, -0.1) is 0 Å². The van der Waals surface area contributed by atoms with Crippen LogP contribution in [0.1, 0.15) is 5.56 Å². The monoisotopic (exact) mass is 360 g/mol. The highest BCUT2D eigenvalue weighted by atomic mass is 16.5. The van der Waals surface area contributed by atoms with E-state index in [1.165, 1.54) is 0 Å². The molecule has 2 aromatic carbocycles. The van der Waals surface area contributed by atoms with Gasteiger partial charge >= 0.3 is 6.03 Å². The van der Waals surface area contributed by atoms with Crippen molar-refractivity contribution in [2.75, 3.05) is 40.3 Å². The SMILES string of the molecule is COc1ccc(NC(=O)NCCc2cc(OC)c(OC)cc2OC)cc1. The summed E-state index contributed by atoms with van der Waals surface area (Å²) in [5.74, 6) is 2.63. The van der Waals surface area contributed by atoms with Gasteiger partial charge in [-0.2, -0.15) is 0 Å². The number of methoxy groups -OCH3 is 4. The molecule has 0 aliphatic carbocycles. The molecule has 7 nitrogen and oxygen atoms in total. The molecule has 0 unspecified atom stereocenters. The molecule has 0 saturated carbocycles. The maximum atomic E-state index is 12.0. The van der Waals surface area contributed by atoms with Crippen molar-refractivity contribution in [1.82, 2.24) is 5.32 Å². The van der Waals surface area contributed by atoms with Crippen LogP contribution in [-0.4, -0.2) is 41.0 Å². The topological polar surface area (TPSA) is 78.1 Å². The minimum absolute atomic E-state index is 0.283. The third kappa shape index (κ3) is 4.95. The molecular weight excluding hydrogens is 336 g/mol. The van der Waals surface area contributed by atoms with Gasteiger partial charge in [0.2, 0.25) is 0 Å². The van der Waals surface area contributed by atoms with Crippen molar-refractivity contribution in [2.24, 2.45) is 0 Å². The number of hydrogen-bond donors (Lipinski definition) is 2. The Bertz CT molecular complexity index is 731. The molecular formula is C19H24N2O5. The van der Waals surface area contributed by atoms with Crippen molar-refractivity contribution in [3.63, 3.8) is 0 Å². The first kappa shape index (κ1) is 19.2. The summed E-state index contributed by atoms with van der Waals surface area (Å²) in [5, 5.41) is 5.58. The number of amides is 2. The number of carbonyl (C=O) groups is 1. The van der Waals surface area contributed by atoms with Gasteiger partial charge in [0.15, 0.2) is 11.5 Å². The van der Waals surface area contributed by atoms with Crippen molar-refractivity contribution < 1.29 is 23.7 Å². The normalized spacial score (nSPS) is 10.0. The maximum absolute atomic E-state index is 12.0. The van der Waals surface area contributed by atoms with Gasteiger partial charge in [0.1, 0.15) is 11.5 Å². The molecule has 0 atom stereocenters. The minimum atomic E-state index is -0.283. The van der Waals surface area contributed by atoms with Gasteiger partial charge in [-0.05, 0) is 42.3 Å². The number of rotatable bonds is 8. The fourth-order valence-corrected chi connectivity index (χ4v) is 2.45. The lowest BCUT2D eigenvalue weighted by atomic mass is 10.1. The predicted octanol–water partition coefficient (Wildman–Crippen LogP) is 3.09. The molecule has 2 aromatic rings. The first-order valence-corrected chi connectivity index (χ1v) is 8.09. The Balaban J connectivity index is 1.92. The molecule has 0 fully saturated rings. The average Bonchev–Trinajstić information content (AvgIpc) is 2.68. The number of hydrogen-bond acceptors (Lipinski definition) is 5. The predicted molar refractivity (Wildman–Crippen MR) is 99.8 cm³/mol. The molecule has 0 aliphatic heterocycles. The zero-order valence-corrected chi connectivity index (χ0v) is 15.4. The van der Waals surface area contributed by atoms with E-state index in [4.69, 9.17) is 18.9 Å². The third-order valence-electron chi connectivity index (χ3n) is 3.81. The van der Waals surface area contributed by atoms with Crippen molar-refractivity contribution in [3.05, 3.63) is 42.0 Å². The van der Waals surface area contributed by atoms with Crippen LogP contribution in [0.15, 0.2) is 36.4 Å². The molecule has 0 aromatic heterocycles. The van der Waals surface area contributed by atoms with Crippen LogP contribution in [-0.2, 0) is 6.42 Å². The second-order valence-electron chi connectivity index (χ2n) is 5.38. The van der Waals surface area contributed by atoms with Gasteiger partial charge in [-0.25, -0.2) is 4.79 Å². The van der Waals surface area contributed by atoms with E-state index in [-0.39, 0.29) is 6.03 Å². The second-order valence-corrected chi connectivity index (χ2v) is 5.38. The Morgan fingerprint density at radius 2 is 1.46 bits per heavy atom. The first-order valence-electron chi connectivity index (χ1n) is 8.09. The quantitative estimate of drug-likeness (QED) is 0.756. The highest BCUT2D eigenvalue weighted by Crippen LogP contribution is 2.34. The number of urea groups is 1. The molecule has 26 heavy (non-hydrogen) atoms. The van der Waals surface area contributed by atoms with E-state index in [2.05, 4.69) is 10.6 Å². The van der Waals surface area contributed by atoms with E-state index in [9.17, 15) is 4.79 Å². The summed E-state index contributed by atoms with van der Waals surface area (Å²) in [6.45, 7) is 0.438. The number of benzene rings is 2. The van der Waals surface area contributed by atoms with E-state index in [0.717, 1.165) is 11.3 Å². The van der Waals surface area contributed by atoms with Gasteiger partial charge in [-0.1, -0.05) is 0 Å². The molecule has 7 heteroatoms. The largest absolute Gasteiger partial charge is 0.497 e. The molecule has 0 heterocycles. The van der Waals surface area contributed by atoms with E-state index in [1.54, 1.807) is 58.8 Å². The zero-order chi connectivity index (χ0) is 18.9. The van der Waals surface area contributed by atoms with Crippen LogP contribution in [0.4, 0.5) is 10.5 Å². The highest BCUT2D eigenvalue weighted by Gasteiger charge is 2.12. The average molecular weight is 360 g/mol. The zero-order valence-electron chi connectivity index (χ0n) is 15.4. The fraction of sp³-hybridized carbons (Fsp3) is 0.316. The van der Waals surface area contributed by atoms with Gasteiger partial charge in [0.25, 0.3) is 0 Å². The van der Waals surface area contributed by atoms with Crippen molar-refractivity contribution in [1.29, 1.82) is 0 Å². The lowest BCUT2D eigenvalue weighted by Crippen LogP contribution is -2.30. The summed E-state index contributed by atoms with van der Waals surface area (Å²) >= 11 is 0. The smallest absolute Gasteiger partial charge is 0.319 e. The Morgan fingerprint density at radius 1 is 0.846 bits per heavy atom. The lowest BCUT2D eigenvalue weighted by molar-refractivity contribution is 0.252. The molecule has 0 spiro atoms. The summed E-state index contributed by atoms with van der Waals surface area (Å²) in [4.78, 5) is 12.0. The Kier molecular flexibility index (Phi) is 6.96. The van der Waals surface area contributed by atoms with Crippen LogP contribution >= 0.6 is 0 Å². The molecule has 2 amide bonds. The maximum Gasteiger partial charge on any atom is 0.319 e. The van der Waals surface area contributed by atoms with E-state index >= 15 is 0 Å². The number of carbonyl (C=O) groups excluding carboxylic acids is 1. The van der Waals surface area contributed by atoms with Crippen LogP contribution in [0.5, 0.6) is 23.0 Å². The summed E-state index contributed by atoms with van der Waals surface area (Å²) < 4.78 is 21.0. The summed E-state index contributed by atoms with van der Waals surface area (Å²) in [6.07, 6.45) is 0.583. The van der Waals surface area contributed by atoms with Crippen LogP contribution < -0.4 is 29.6 Å². The fourth-order valence-electron chi connectivity index (χ4n) is 2.45. The Hall–Kier alpha value is -3.09. The van der Waals surface area contributed by atoms with Crippen LogP contribution in [0.25, 0.3) is 0 Å². The number of ether oxygens (including phenoxy) is 4. The van der Waals surface area contributed by atoms with E-state index < -0.39 is 0 Å². The summed E-state index contributed by atoms with van der Waals surface area (Å²) in [5.41, 5.74) is 1.60. The van der Waals surface area contributed by atoms with E-state index in [0.29, 0.717) is 35.9 Å². The van der Waals surface area contributed by atoms with Gasteiger partial charge < -0.3 is 29.6 Å². The molecule has 0 saturated heterocycles. The first-order chi connectivity index (χ1) is 12.6.